The van der Waals surface area contributed by atoms with E-state index in [1.54, 1.807) is 0 Å². The molecule has 1 aliphatic heterocycles. The number of anilines is 1. The molecule has 1 atom stereocenters. The molecule has 2 aromatic rings. The fourth-order valence-corrected chi connectivity index (χ4v) is 4.03. The van der Waals surface area contributed by atoms with Gasteiger partial charge in [-0.2, -0.15) is 0 Å². The Morgan fingerprint density at radius 1 is 1.03 bits per heavy atom. The van der Waals surface area contributed by atoms with E-state index >= 15 is 0 Å². The molecule has 0 aromatic heterocycles. The third-order valence-electron chi connectivity index (χ3n) is 6.26. The smallest absolute Gasteiger partial charge is 0.256 e. The Morgan fingerprint density at radius 3 is 2.32 bits per heavy atom. The molecule has 1 N–H and O–H groups in total. The van der Waals surface area contributed by atoms with E-state index in [0.717, 1.165) is 49.2 Å². The van der Waals surface area contributed by atoms with Crippen LogP contribution in [0.3, 0.4) is 0 Å². The van der Waals surface area contributed by atoms with Crippen molar-refractivity contribution in [2.24, 2.45) is 5.92 Å². The summed E-state index contributed by atoms with van der Waals surface area (Å²) in [5.74, 6) is 0.270. The predicted octanol–water partition coefficient (Wildman–Crippen LogP) is 4.48. The number of benzene rings is 2. The quantitative estimate of drug-likeness (QED) is 0.684. The lowest BCUT2D eigenvalue weighted by Crippen LogP contribution is -2.46. The average molecular weight is 422 g/mol. The minimum absolute atomic E-state index is 0.0565. The molecule has 0 saturated carbocycles. The summed E-state index contributed by atoms with van der Waals surface area (Å²) in [6.07, 6.45) is 2.65. The van der Waals surface area contributed by atoms with Crippen LogP contribution in [0.5, 0.6) is 0 Å². The first kappa shape index (κ1) is 22.9. The third-order valence-corrected chi connectivity index (χ3v) is 6.26. The minimum atomic E-state index is 0.0565. The number of nitrogens with one attached hydrogen (secondary N) is 1. The molecular weight excluding hydrogens is 386 g/mol. The minimum Gasteiger partial charge on any atom is -0.371 e. The summed E-state index contributed by atoms with van der Waals surface area (Å²) in [6, 6.07) is 18.2. The molecule has 1 saturated heterocycles. The van der Waals surface area contributed by atoms with Crippen LogP contribution < -0.4 is 10.2 Å². The Morgan fingerprint density at radius 2 is 1.68 bits per heavy atom. The van der Waals surface area contributed by atoms with E-state index < -0.39 is 0 Å². The number of hydrogen-bond acceptors (Lipinski definition) is 3. The maximum Gasteiger partial charge on any atom is 0.256 e. The second-order valence-electron chi connectivity index (χ2n) is 8.40. The van der Waals surface area contributed by atoms with Crippen molar-refractivity contribution in [3.63, 3.8) is 0 Å². The topological polar surface area (TPSA) is 52.7 Å². The molecule has 2 amide bonds. The van der Waals surface area contributed by atoms with Crippen LogP contribution in [-0.2, 0) is 11.3 Å². The van der Waals surface area contributed by atoms with E-state index in [9.17, 15) is 9.59 Å². The van der Waals surface area contributed by atoms with Gasteiger partial charge in [-0.15, -0.1) is 0 Å². The first-order chi connectivity index (χ1) is 15.0. The second kappa shape index (κ2) is 11.0. The van der Waals surface area contributed by atoms with Crippen molar-refractivity contribution in [1.82, 2.24) is 10.2 Å². The number of rotatable bonds is 8. The highest BCUT2D eigenvalue weighted by atomic mass is 16.2. The average Bonchev–Trinajstić information content (AvgIpc) is 2.82. The fourth-order valence-electron chi connectivity index (χ4n) is 4.03. The molecule has 1 aliphatic rings. The Kier molecular flexibility index (Phi) is 8.10. The molecule has 0 aliphatic carbocycles. The van der Waals surface area contributed by atoms with Gasteiger partial charge in [0.25, 0.3) is 5.91 Å². The van der Waals surface area contributed by atoms with Crippen molar-refractivity contribution in [3.8, 4) is 0 Å². The van der Waals surface area contributed by atoms with Gasteiger partial charge in [0.15, 0.2) is 0 Å². The Labute approximate surface area is 186 Å². The molecule has 0 bridgehead atoms. The first-order valence-electron chi connectivity index (χ1n) is 11.5. The van der Waals surface area contributed by atoms with Crippen molar-refractivity contribution in [3.05, 3.63) is 65.7 Å². The summed E-state index contributed by atoms with van der Waals surface area (Å²) >= 11 is 0. The number of carbonyl (C=O) groups excluding carboxylic acids is 2. The Hall–Kier alpha value is -2.82. The van der Waals surface area contributed by atoms with Crippen LogP contribution in [0.15, 0.2) is 54.6 Å². The summed E-state index contributed by atoms with van der Waals surface area (Å²) in [6.45, 7) is 8.97. The monoisotopic (exact) mass is 421 g/mol. The zero-order valence-electron chi connectivity index (χ0n) is 19.0. The normalized spacial score (nSPS) is 15.4. The van der Waals surface area contributed by atoms with Gasteiger partial charge < -0.3 is 15.1 Å². The summed E-state index contributed by atoms with van der Waals surface area (Å²) in [4.78, 5) is 29.8. The van der Waals surface area contributed by atoms with Crippen LogP contribution in [0.4, 0.5) is 5.69 Å². The van der Waals surface area contributed by atoms with E-state index in [1.165, 1.54) is 0 Å². The first-order valence-corrected chi connectivity index (χ1v) is 11.5. The molecule has 2 aromatic carbocycles. The number of para-hydroxylation sites is 1. The molecular formula is C26H35N3O2. The van der Waals surface area contributed by atoms with Crippen molar-refractivity contribution in [1.29, 1.82) is 0 Å². The van der Waals surface area contributed by atoms with Crippen molar-refractivity contribution in [2.45, 2.75) is 52.6 Å². The van der Waals surface area contributed by atoms with Crippen LogP contribution in [0.2, 0.25) is 0 Å². The molecule has 5 heteroatoms. The molecule has 1 fully saturated rings. The second-order valence-corrected chi connectivity index (χ2v) is 8.40. The molecule has 0 spiro atoms. The summed E-state index contributed by atoms with van der Waals surface area (Å²) < 4.78 is 0. The highest BCUT2D eigenvalue weighted by Crippen LogP contribution is 2.26. The maximum atomic E-state index is 13.4. The highest BCUT2D eigenvalue weighted by Gasteiger charge is 2.26. The largest absolute Gasteiger partial charge is 0.371 e. The molecule has 1 heterocycles. The van der Waals surface area contributed by atoms with E-state index in [4.69, 9.17) is 0 Å². The number of carbonyl (C=O) groups is 2. The standard InChI is InChI=1S/C26H35N3O2/c1-4-20(3)25(30)27-22-15-17-29(18-16-22)24-14-10-9-13-23(24)26(31)28(5-2)19-21-11-7-6-8-12-21/h6-14,20,22H,4-5,15-19H2,1-3H3,(H,27,30)/t20-/m1/s1. The van der Waals surface area contributed by atoms with Gasteiger partial charge in [0.1, 0.15) is 0 Å². The SMILES string of the molecule is CC[C@@H](C)C(=O)NC1CCN(c2ccccc2C(=O)N(CC)Cc2ccccc2)CC1. The van der Waals surface area contributed by atoms with Gasteiger partial charge in [-0.25, -0.2) is 0 Å². The number of piperidine rings is 1. The van der Waals surface area contributed by atoms with Crippen LogP contribution in [0, 0.1) is 5.92 Å². The summed E-state index contributed by atoms with van der Waals surface area (Å²) in [5, 5.41) is 3.19. The van der Waals surface area contributed by atoms with Crippen LogP contribution in [0.1, 0.15) is 56.0 Å². The van der Waals surface area contributed by atoms with Crippen molar-refractivity contribution >= 4 is 17.5 Å². The molecule has 0 unspecified atom stereocenters. The number of nitrogens with zero attached hydrogens (tertiary/aromatic N) is 2. The third kappa shape index (κ3) is 5.87. The van der Waals surface area contributed by atoms with E-state index in [1.807, 2.05) is 68.1 Å². The Balaban J connectivity index is 1.68. The van der Waals surface area contributed by atoms with Crippen molar-refractivity contribution in [2.75, 3.05) is 24.5 Å². The fraction of sp³-hybridized carbons (Fsp3) is 0.462. The highest BCUT2D eigenvalue weighted by molar-refractivity contribution is 5.99. The lowest BCUT2D eigenvalue weighted by Gasteiger charge is -2.35. The van der Waals surface area contributed by atoms with E-state index in [2.05, 4.69) is 22.3 Å². The molecule has 31 heavy (non-hydrogen) atoms. The zero-order valence-corrected chi connectivity index (χ0v) is 19.0. The van der Waals surface area contributed by atoms with Crippen LogP contribution in [0.25, 0.3) is 0 Å². The number of hydrogen-bond donors (Lipinski definition) is 1. The van der Waals surface area contributed by atoms with E-state index in [0.29, 0.717) is 13.1 Å². The van der Waals surface area contributed by atoms with E-state index in [-0.39, 0.29) is 23.8 Å². The zero-order chi connectivity index (χ0) is 22.2. The van der Waals surface area contributed by atoms with Gasteiger partial charge in [-0.1, -0.05) is 56.3 Å². The molecule has 0 radical (unpaired) electrons. The Bertz CT molecular complexity index is 860. The molecule has 3 rings (SSSR count). The maximum absolute atomic E-state index is 13.4. The van der Waals surface area contributed by atoms with Gasteiger partial charge in [0, 0.05) is 43.8 Å². The van der Waals surface area contributed by atoms with Gasteiger partial charge in [-0.05, 0) is 43.9 Å². The number of amides is 2. The van der Waals surface area contributed by atoms with Crippen LogP contribution >= 0.6 is 0 Å². The van der Waals surface area contributed by atoms with Gasteiger partial charge >= 0.3 is 0 Å². The predicted molar refractivity (Wildman–Crippen MR) is 126 cm³/mol. The van der Waals surface area contributed by atoms with Gasteiger partial charge in [0.05, 0.1) is 5.56 Å². The summed E-state index contributed by atoms with van der Waals surface area (Å²) in [7, 11) is 0. The molecule has 5 nitrogen and oxygen atoms in total. The van der Waals surface area contributed by atoms with Gasteiger partial charge in [0.2, 0.25) is 5.91 Å². The van der Waals surface area contributed by atoms with Gasteiger partial charge in [-0.3, -0.25) is 9.59 Å². The lowest BCUT2D eigenvalue weighted by atomic mass is 10.0. The lowest BCUT2D eigenvalue weighted by molar-refractivity contribution is -0.125. The van der Waals surface area contributed by atoms with Crippen molar-refractivity contribution < 1.29 is 9.59 Å². The van der Waals surface area contributed by atoms with Crippen LogP contribution in [-0.4, -0.2) is 42.4 Å². The summed E-state index contributed by atoms with van der Waals surface area (Å²) in [5.41, 5.74) is 2.88. The molecule has 166 valence electrons.